The van der Waals surface area contributed by atoms with E-state index in [1.165, 1.54) is 0 Å². The van der Waals surface area contributed by atoms with Crippen molar-refractivity contribution >= 4 is 11.6 Å². The average molecular weight is 356 g/mol. The molecule has 2 heterocycles. The largest absolute Gasteiger partial charge is 0.386 e. The molecule has 1 N–H and O–H groups in total. The van der Waals surface area contributed by atoms with Crippen LogP contribution in [0.4, 0.5) is 0 Å². The highest BCUT2D eigenvalue weighted by atomic mass is 35.5. The smallest absolute Gasteiger partial charge is 0.230 e. The zero-order valence-corrected chi connectivity index (χ0v) is 14.7. The average Bonchev–Trinajstić information content (AvgIpc) is 3.22. The predicted octanol–water partition coefficient (Wildman–Crippen LogP) is 4.28. The molecule has 1 aliphatic carbocycles. The van der Waals surface area contributed by atoms with Gasteiger partial charge in [0.2, 0.25) is 11.7 Å². The third-order valence-corrected chi connectivity index (χ3v) is 4.92. The van der Waals surface area contributed by atoms with Crippen LogP contribution in [-0.4, -0.2) is 20.2 Å². The maximum Gasteiger partial charge on any atom is 0.230 e. The monoisotopic (exact) mass is 355 g/mol. The molecule has 0 bridgehead atoms. The minimum absolute atomic E-state index is 0.205. The zero-order valence-electron chi connectivity index (χ0n) is 14.0. The fraction of sp³-hybridized carbons (Fsp3) is 0.316. The van der Waals surface area contributed by atoms with Crippen LogP contribution in [0.15, 0.2) is 47.2 Å². The van der Waals surface area contributed by atoms with E-state index in [-0.39, 0.29) is 5.92 Å². The lowest BCUT2D eigenvalue weighted by Crippen LogP contribution is -2.14. The van der Waals surface area contributed by atoms with Crippen LogP contribution in [0.1, 0.15) is 49.1 Å². The highest BCUT2D eigenvalue weighted by Gasteiger charge is 2.44. The number of halogens is 1. The van der Waals surface area contributed by atoms with E-state index in [9.17, 15) is 5.11 Å². The summed E-state index contributed by atoms with van der Waals surface area (Å²) < 4.78 is 5.46. The number of aromatic nitrogens is 3. The van der Waals surface area contributed by atoms with Gasteiger partial charge in [0.15, 0.2) is 0 Å². The van der Waals surface area contributed by atoms with Gasteiger partial charge >= 0.3 is 0 Å². The molecule has 2 atom stereocenters. The van der Waals surface area contributed by atoms with Gasteiger partial charge in [-0.05, 0) is 43.4 Å². The first-order valence-corrected chi connectivity index (χ1v) is 8.57. The normalized spacial score (nSPS) is 19.8. The molecule has 25 heavy (non-hydrogen) atoms. The second-order valence-corrected chi connectivity index (χ2v) is 7.35. The Morgan fingerprint density at radius 1 is 1.16 bits per heavy atom. The summed E-state index contributed by atoms with van der Waals surface area (Å²) in [5.74, 6) is 1.71. The van der Waals surface area contributed by atoms with Crippen LogP contribution in [0.25, 0.3) is 11.4 Å². The Morgan fingerprint density at radius 3 is 2.60 bits per heavy atom. The maximum atomic E-state index is 10.0. The maximum absolute atomic E-state index is 10.0. The van der Waals surface area contributed by atoms with E-state index in [1.54, 1.807) is 26.2 Å². The first-order chi connectivity index (χ1) is 11.9. The number of nitrogens with zero attached hydrogens (tertiary/aromatic N) is 3. The van der Waals surface area contributed by atoms with E-state index in [4.69, 9.17) is 16.1 Å². The van der Waals surface area contributed by atoms with Crippen LogP contribution in [0.2, 0.25) is 5.02 Å². The Hall–Kier alpha value is -2.24. The van der Waals surface area contributed by atoms with Crippen LogP contribution in [-0.2, 0) is 5.60 Å². The topological polar surface area (TPSA) is 72.0 Å². The van der Waals surface area contributed by atoms with Crippen LogP contribution in [0.5, 0.6) is 0 Å². The van der Waals surface area contributed by atoms with Crippen LogP contribution < -0.4 is 0 Å². The molecular weight excluding hydrogens is 338 g/mol. The molecule has 1 saturated carbocycles. The summed E-state index contributed by atoms with van der Waals surface area (Å²) in [5.41, 5.74) is 1.92. The predicted molar refractivity (Wildman–Crippen MR) is 94.3 cm³/mol. The summed E-state index contributed by atoms with van der Waals surface area (Å²) in [4.78, 5) is 8.56. The summed E-state index contributed by atoms with van der Waals surface area (Å²) in [6.07, 6.45) is 4.36. The lowest BCUT2D eigenvalue weighted by molar-refractivity contribution is 0.0786. The van der Waals surface area contributed by atoms with Crippen molar-refractivity contribution in [1.29, 1.82) is 0 Å². The minimum atomic E-state index is -0.869. The van der Waals surface area contributed by atoms with Crippen molar-refractivity contribution in [2.45, 2.75) is 37.7 Å². The molecule has 0 spiro atoms. The van der Waals surface area contributed by atoms with Gasteiger partial charge in [-0.2, -0.15) is 4.98 Å². The lowest BCUT2D eigenvalue weighted by Gasteiger charge is -2.17. The Balaban J connectivity index is 1.53. The fourth-order valence-corrected chi connectivity index (χ4v) is 3.29. The summed E-state index contributed by atoms with van der Waals surface area (Å²) >= 11 is 6.22. The van der Waals surface area contributed by atoms with Gasteiger partial charge in [-0.3, -0.25) is 4.98 Å². The zero-order chi connectivity index (χ0) is 17.6. The van der Waals surface area contributed by atoms with E-state index in [0.717, 1.165) is 23.1 Å². The van der Waals surface area contributed by atoms with Gasteiger partial charge in [0.25, 0.3) is 0 Å². The summed E-state index contributed by atoms with van der Waals surface area (Å²) in [7, 11) is 0. The quantitative estimate of drug-likeness (QED) is 0.756. The SMILES string of the molecule is CC(C)(O)c1ccc(-c2noc([C@@H]3C[C@H]3c3ccncc3Cl)n2)cc1. The molecule has 0 amide bonds. The molecule has 0 saturated heterocycles. The van der Waals surface area contributed by atoms with Crippen LogP contribution in [0, 0.1) is 0 Å². The number of hydrogen-bond donors (Lipinski definition) is 1. The Morgan fingerprint density at radius 2 is 1.92 bits per heavy atom. The number of pyridine rings is 1. The molecule has 6 heteroatoms. The van der Waals surface area contributed by atoms with Crippen LogP contribution in [0.3, 0.4) is 0 Å². The molecule has 128 valence electrons. The molecule has 1 fully saturated rings. The Labute approximate surface area is 150 Å². The second-order valence-electron chi connectivity index (χ2n) is 6.94. The van der Waals surface area contributed by atoms with Crippen LogP contribution >= 0.6 is 11.6 Å². The first-order valence-electron chi connectivity index (χ1n) is 8.20. The Kier molecular flexibility index (Phi) is 3.85. The molecule has 0 radical (unpaired) electrons. The molecule has 1 aromatic carbocycles. The van der Waals surface area contributed by atoms with Gasteiger partial charge in [-0.25, -0.2) is 0 Å². The van der Waals surface area contributed by atoms with Gasteiger partial charge in [0, 0.05) is 23.9 Å². The molecule has 1 aliphatic rings. The Bertz CT molecular complexity index is 900. The van der Waals surface area contributed by atoms with Gasteiger partial charge < -0.3 is 9.63 Å². The lowest BCUT2D eigenvalue weighted by atomic mass is 9.97. The van der Waals surface area contributed by atoms with Crippen molar-refractivity contribution in [2.24, 2.45) is 0 Å². The van der Waals surface area contributed by atoms with E-state index in [1.807, 2.05) is 30.3 Å². The number of rotatable bonds is 4. The van der Waals surface area contributed by atoms with E-state index >= 15 is 0 Å². The second kappa shape index (κ2) is 5.93. The number of aliphatic hydroxyl groups is 1. The van der Waals surface area contributed by atoms with Crippen molar-refractivity contribution in [3.63, 3.8) is 0 Å². The van der Waals surface area contributed by atoms with Crippen molar-refractivity contribution in [3.05, 3.63) is 64.8 Å². The summed E-state index contributed by atoms with van der Waals surface area (Å²) in [6.45, 7) is 3.51. The van der Waals surface area contributed by atoms with E-state index in [0.29, 0.717) is 22.7 Å². The minimum Gasteiger partial charge on any atom is -0.386 e. The highest BCUT2D eigenvalue weighted by molar-refractivity contribution is 6.31. The van der Waals surface area contributed by atoms with E-state index in [2.05, 4.69) is 15.1 Å². The first kappa shape index (κ1) is 16.2. The van der Waals surface area contributed by atoms with Crippen molar-refractivity contribution < 1.29 is 9.63 Å². The summed E-state index contributed by atoms with van der Waals surface area (Å²) in [6, 6.07) is 9.49. The molecule has 0 unspecified atom stereocenters. The molecule has 3 aromatic rings. The van der Waals surface area contributed by atoms with Crippen molar-refractivity contribution in [1.82, 2.24) is 15.1 Å². The third kappa shape index (κ3) is 3.17. The molecule has 2 aromatic heterocycles. The third-order valence-electron chi connectivity index (χ3n) is 4.60. The fourth-order valence-electron chi connectivity index (χ4n) is 3.03. The molecule has 5 nitrogen and oxygen atoms in total. The molecular formula is C19H18ClN3O2. The van der Waals surface area contributed by atoms with Gasteiger partial charge in [-0.1, -0.05) is 41.0 Å². The van der Waals surface area contributed by atoms with Crippen molar-refractivity contribution in [3.8, 4) is 11.4 Å². The number of hydrogen-bond acceptors (Lipinski definition) is 5. The molecule has 4 rings (SSSR count). The standard InChI is InChI=1S/C19H18ClN3O2/c1-19(2,24)12-5-3-11(4-6-12)17-22-18(25-23-17)15-9-14(15)13-7-8-21-10-16(13)20/h3-8,10,14-15,24H,9H2,1-2H3/t14-,15+/m0/s1. The van der Waals surface area contributed by atoms with E-state index < -0.39 is 5.60 Å². The van der Waals surface area contributed by atoms with Gasteiger partial charge in [-0.15, -0.1) is 0 Å². The van der Waals surface area contributed by atoms with Crippen molar-refractivity contribution in [2.75, 3.05) is 0 Å². The van der Waals surface area contributed by atoms with Gasteiger partial charge in [0.1, 0.15) is 0 Å². The molecule has 0 aliphatic heterocycles. The number of benzene rings is 1. The summed E-state index contributed by atoms with van der Waals surface area (Å²) in [5, 5.41) is 14.8. The highest BCUT2D eigenvalue weighted by Crippen LogP contribution is 2.55. The van der Waals surface area contributed by atoms with Gasteiger partial charge in [0.05, 0.1) is 10.6 Å².